The summed E-state index contributed by atoms with van der Waals surface area (Å²) < 4.78 is 5.45. The highest BCUT2D eigenvalue weighted by atomic mass is 35.5. The second-order valence-corrected chi connectivity index (χ2v) is 5.29. The molecule has 0 heterocycles. The van der Waals surface area contributed by atoms with Crippen LogP contribution >= 0.6 is 11.6 Å². The van der Waals surface area contributed by atoms with Crippen molar-refractivity contribution < 1.29 is 4.74 Å². The highest BCUT2D eigenvalue weighted by Crippen LogP contribution is 2.30. The van der Waals surface area contributed by atoms with E-state index in [-0.39, 0.29) is 5.38 Å². The van der Waals surface area contributed by atoms with Gasteiger partial charge in [-0.15, -0.1) is 11.6 Å². The van der Waals surface area contributed by atoms with Gasteiger partial charge in [-0.3, -0.25) is 0 Å². The molecule has 1 unspecified atom stereocenters. The zero-order valence-corrected chi connectivity index (χ0v) is 12.9. The number of alkyl halides is 1. The van der Waals surface area contributed by atoms with E-state index in [1.54, 1.807) is 0 Å². The lowest BCUT2D eigenvalue weighted by molar-refractivity contribution is 0.340. The molecule has 0 aromatic heterocycles. The number of benzene rings is 2. The molecule has 0 aliphatic heterocycles. The van der Waals surface area contributed by atoms with Crippen molar-refractivity contribution in [1.82, 2.24) is 0 Å². The maximum absolute atomic E-state index is 6.55. The first-order valence-electron chi connectivity index (χ1n) is 7.20. The van der Waals surface area contributed by atoms with E-state index in [1.807, 2.05) is 31.2 Å². The fourth-order valence-electron chi connectivity index (χ4n) is 2.23. The van der Waals surface area contributed by atoms with Crippen LogP contribution in [0.5, 0.6) is 5.75 Å². The van der Waals surface area contributed by atoms with E-state index >= 15 is 0 Å². The van der Waals surface area contributed by atoms with Crippen molar-refractivity contribution in [3.8, 4) is 5.75 Å². The summed E-state index contributed by atoms with van der Waals surface area (Å²) in [6, 6.07) is 16.6. The molecule has 0 saturated heterocycles. The van der Waals surface area contributed by atoms with Crippen LogP contribution in [0.15, 0.2) is 48.5 Å². The summed E-state index contributed by atoms with van der Waals surface area (Å²) in [5.74, 6) is 0.887. The fourth-order valence-corrected chi connectivity index (χ4v) is 2.53. The Kier molecular flexibility index (Phi) is 5.49. The summed E-state index contributed by atoms with van der Waals surface area (Å²) in [6.07, 6.45) is 2.29. The first-order valence-corrected chi connectivity index (χ1v) is 7.64. The minimum Gasteiger partial charge on any atom is -0.494 e. The molecule has 0 saturated carbocycles. The summed E-state index contributed by atoms with van der Waals surface area (Å²) in [5, 5.41) is -0.110. The predicted molar refractivity (Wildman–Crippen MR) is 85.7 cm³/mol. The van der Waals surface area contributed by atoms with Crippen molar-refractivity contribution >= 4 is 11.6 Å². The average molecular weight is 289 g/mol. The lowest BCUT2D eigenvalue weighted by atomic mass is 10.0. The second kappa shape index (κ2) is 7.35. The SMILES string of the molecule is CCCc1ccc(C(Cl)c2ccc(OCC)cc2)cc1. The molecule has 0 aliphatic carbocycles. The Morgan fingerprint density at radius 3 is 1.95 bits per heavy atom. The molecule has 0 aliphatic rings. The Bertz CT molecular complexity index is 467. The molecule has 2 heteroatoms. The summed E-state index contributed by atoms with van der Waals surface area (Å²) in [6.45, 7) is 4.86. The molecule has 20 heavy (non-hydrogen) atoms. The summed E-state index contributed by atoms with van der Waals surface area (Å²) in [5.41, 5.74) is 3.60. The van der Waals surface area contributed by atoms with Gasteiger partial charge in [-0.25, -0.2) is 0 Å². The average Bonchev–Trinajstić information content (AvgIpc) is 2.49. The van der Waals surface area contributed by atoms with E-state index in [0.717, 1.165) is 23.3 Å². The van der Waals surface area contributed by atoms with Gasteiger partial charge in [-0.2, -0.15) is 0 Å². The lowest BCUT2D eigenvalue weighted by Crippen LogP contribution is -1.95. The van der Waals surface area contributed by atoms with Gasteiger partial charge in [0.2, 0.25) is 0 Å². The topological polar surface area (TPSA) is 9.23 Å². The van der Waals surface area contributed by atoms with Crippen LogP contribution in [0.1, 0.15) is 42.3 Å². The zero-order chi connectivity index (χ0) is 14.4. The van der Waals surface area contributed by atoms with Crippen molar-refractivity contribution in [3.05, 3.63) is 65.2 Å². The van der Waals surface area contributed by atoms with Crippen LogP contribution in [-0.4, -0.2) is 6.61 Å². The number of halogens is 1. The Balaban J connectivity index is 2.11. The van der Waals surface area contributed by atoms with Crippen LogP contribution in [0, 0.1) is 0 Å². The fraction of sp³-hybridized carbons (Fsp3) is 0.333. The maximum atomic E-state index is 6.55. The Morgan fingerprint density at radius 1 is 0.900 bits per heavy atom. The molecule has 0 N–H and O–H groups in total. The Morgan fingerprint density at radius 2 is 1.45 bits per heavy atom. The van der Waals surface area contributed by atoms with E-state index in [0.29, 0.717) is 6.61 Å². The number of aryl methyl sites for hydroxylation is 1. The van der Waals surface area contributed by atoms with Crippen LogP contribution in [0.25, 0.3) is 0 Å². The van der Waals surface area contributed by atoms with Gasteiger partial charge < -0.3 is 4.74 Å². The Labute approximate surface area is 126 Å². The van der Waals surface area contributed by atoms with Crippen molar-refractivity contribution in [2.45, 2.75) is 32.1 Å². The maximum Gasteiger partial charge on any atom is 0.119 e. The van der Waals surface area contributed by atoms with Crippen molar-refractivity contribution in [3.63, 3.8) is 0 Å². The van der Waals surface area contributed by atoms with Gasteiger partial charge in [-0.05, 0) is 42.2 Å². The second-order valence-electron chi connectivity index (χ2n) is 4.86. The minimum atomic E-state index is -0.110. The van der Waals surface area contributed by atoms with E-state index in [4.69, 9.17) is 16.3 Å². The lowest BCUT2D eigenvalue weighted by Gasteiger charge is -2.12. The largest absolute Gasteiger partial charge is 0.494 e. The van der Waals surface area contributed by atoms with E-state index < -0.39 is 0 Å². The molecule has 1 atom stereocenters. The normalized spacial score (nSPS) is 12.2. The first kappa shape index (κ1) is 14.9. The zero-order valence-electron chi connectivity index (χ0n) is 12.1. The van der Waals surface area contributed by atoms with Crippen molar-refractivity contribution in [1.29, 1.82) is 0 Å². The number of ether oxygens (including phenoxy) is 1. The third kappa shape index (κ3) is 3.77. The smallest absolute Gasteiger partial charge is 0.119 e. The molecule has 0 amide bonds. The molecule has 0 fully saturated rings. The summed E-state index contributed by atoms with van der Waals surface area (Å²) >= 11 is 6.55. The van der Waals surface area contributed by atoms with E-state index in [9.17, 15) is 0 Å². The monoisotopic (exact) mass is 288 g/mol. The number of rotatable bonds is 6. The van der Waals surface area contributed by atoms with Gasteiger partial charge in [0.25, 0.3) is 0 Å². The predicted octanol–water partition coefficient (Wildman–Crippen LogP) is 5.37. The molecule has 0 spiro atoms. The van der Waals surface area contributed by atoms with Gasteiger partial charge in [0, 0.05) is 0 Å². The molecule has 1 nitrogen and oxygen atoms in total. The number of hydrogen-bond acceptors (Lipinski definition) is 1. The molecule has 0 bridgehead atoms. The minimum absolute atomic E-state index is 0.110. The van der Waals surface area contributed by atoms with Gasteiger partial charge in [0.15, 0.2) is 0 Å². The molecule has 2 aromatic rings. The molecule has 0 radical (unpaired) electrons. The quantitative estimate of drug-likeness (QED) is 0.650. The first-order chi connectivity index (χ1) is 9.74. The van der Waals surface area contributed by atoms with Crippen LogP contribution in [0.4, 0.5) is 0 Å². The van der Waals surface area contributed by atoms with Crippen LogP contribution in [0.3, 0.4) is 0 Å². The van der Waals surface area contributed by atoms with Crippen LogP contribution in [0.2, 0.25) is 0 Å². The van der Waals surface area contributed by atoms with Crippen LogP contribution in [-0.2, 0) is 6.42 Å². The van der Waals surface area contributed by atoms with Crippen LogP contribution < -0.4 is 4.74 Å². The van der Waals surface area contributed by atoms with E-state index in [2.05, 4.69) is 31.2 Å². The van der Waals surface area contributed by atoms with Crippen molar-refractivity contribution in [2.75, 3.05) is 6.61 Å². The van der Waals surface area contributed by atoms with Gasteiger partial charge in [-0.1, -0.05) is 49.7 Å². The number of hydrogen-bond donors (Lipinski definition) is 0. The van der Waals surface area contributed by atoms with Gasteiger partial charge in [0.1, 0.15) is 5.75 Å². The molecule has 106 valence electrons. The summed E-state index contributed by atoms with van der Waals surface area (Å²) in [7, 11) is 0. The molecular weight excluding hydrogens is 268 g/mol. The molecular formula is C18H21ClO. The Hall–Kier alpha value is -1.47. The molecule has 2 rings (SSSR count). The third-order valence-corrected chi connectivity index (χ3v) is 3.80. The highest BCUT2D eigenvalue weighted by Gasteiger charge is 2.10. The van der Waals surface area contributed by atoms with Gasteiger partial charge >= 0.3 is 0 Å². The van der Waals surface area contributed by atoms with Crippen molar-refractivity contribution in [2.24, 2.45) is 0 Å². The summed E-state index contributed by atoms with van der Waals surface area (Å²) in [4.78, 5) is 0. The third-order valence-electron chi connectivity index (χ3n) is 3.29. The standard InChI is InChI=1S/C18H21ClO/c1-3-5-14-6-8-15(9-7-14)18(19)16-10-12-17(13-11-16)20-4-2/h6-13,18H,3-5H2,1-2H3. The highest BCUT2D eigenvalue weighted by molar-refractivity contribution is 6.22. The molecule has 2 aromatic carbocycles. The van der Waals surface area contributed by atoms with E-state index in [1.165, 1.54) is 12.0 Å². The van der Waals surface area contributed by atoms with Gasteiger partial charge in [0.05, 0.1) is 12.0 Å².